The second kappa shape index (κ2) is 7.05. The van der Waals surface area contributed by atoms with Crippen molar-refractivity contribution < 1.29 is 27.4 Å². The highest BCUT2D eigenvalue weighted by Gasteiger charge is 2.31. The Hall–Kier alpha value is -2.68. The van der Waals surface area contributed by atoms with Crippen LogP contribution in [0.3, 0.4) is 0 Å². The number of ether oxygens (including phenoxy) is 2. The fraction of sp³-hybridized carbons (Fsp3) is 0.333. The predicted molar refractivity (Wildman–Crippen MR) is 94.9 cm³/mol. The molecule has 1 saturated heterocycles. The highest BCUT2D eigenvalue weighted by molar-refractivity contribution is 6.32. The molecule has 2 aliphatic rings. The highest BCUT2D eigenvalue weighted by Crippen LogP contribution is 2.40. The molecule has 0 atom stereocenters. The van der Waals surface area contributed by atoms with E-state index in [4.69, 9.17) is 21.1 Å². The van der Waals surface area contributed by atoms with Gasteiger partial charge in [-0.05, 0) is 24.3 Å². The normalized spacial score (nSPS) is 16.4. The summed E-state index contributed by atoms with van der Waals surface area (Å²) in [6.07, 6.45) is -3.59. The Morgan fingerprint density at radius 1 is 1.11 bits per heavy atom. The maximum absolute atomic E-state index is 12.8. The zero-order valence-corrected chi connectivity index (χ0v) is 15.3. The molecule has 28 heavy (non-hydrogen) atoms. The van der Waals surface area contributed by atoms with Gasteiger partial charge in [0.25, 0.3) is 5.91 Å². The van der Waals surface area contributed by atoms with Crippen LogP contribution in [0.4, 0.5) is 19.0 Å². The van der Waals surface area contributed by atoms with E-state index in [0.29, 0.717) is 54.1 Å². The molecular weight excluding hydrogens is 399 g/mol. The van der Waals surface area contributed by atoms with Crippen LogP contribution in [-0.4, -0.2) is 48.8 Å². The minimum Gasteiger partial charge on any atom is -0.454 e. The number of hydrogen-bond acceptors (Lipinski definition) is 5. The molecule has 0 bridgehead atoms. The molecule has 0 radical (unpaired) electrons. The number of amides is 1. The first kappa shape index (κ1) is 18.7. The predicted octanol–water partition coefficient (Wildman–Crippen LogP) is 3.44. The van der Waals surface area contributed by atoms with E-state index in [1.807, 2.05) is 4.90 Å². The van der Waals surface area contributed by atoms with Gasteiger partial charge in [0.05, 0.1) is 10.6 Å². The van der Waals surface area contributed by atoms with Gasteiger partial charge in [-0.15, -0.1) is 0 Å². The topological polar surface area (TPSA) is 54.9 Å². The van der Waals surface area contributed by atoms with Crippen molar-refractivity contribution in [3.8, 4) is 11.5 Å². The fourth-order valence-corrected chi connectivity index (χ4v) is 3.42. The molecule has 2 aromatic rings. The largest absolute Gasteiger partial charge is 0.454 e. The molecule has 3 heterocycles. The van der Waals surface area contributed by atoms with Gasteiger partial charge in [-0.25, -0.2) is 4.98 Å². The van der Waals surface area contributed by atoms with Crippen LogP contribution < -0.4 is 14.4 Å². The summed E-state index contributed by atoms with van der Waals surface area (Å²) in [5.41, 5.74) is -0.389. The van der Waals surface area contributed by atoms with E-state index < -0.39 is 11.7 Å². The van der Waals surface area contributed by atoms with E-state index in [1.54, 1.807) is 17.0 Å². The molecule has 0 spiro atoms. The number of nitrogens with zero attached hydrogens (tertiary/aromatic N) is 3. The summed E-state index contributed by atoms with van der Waals surface area (Å²) in [7, 11) is 0. The quantitative estimate of drug-likeness (QED) is 0.755. The van der Waals surface area contributed by atoms with Crippen LogP contribution in [0.5, 0.6) is 11.5 Å². The summed E-state index contributed by atoms with van der Waals surface area (Å²) in [5.74, 6) is 1.12. The molecule has 4 rings (SSSR count). The van der Waals surface area contributed by atoms with Gasteiger partial charge in [-0.3, -0.25) is 4.79 Å². The van der Waals surface area contributed by atoms with E-state index in [1.165, 1.54) is 6.07 Å². The summed E-state index contributed by atoms with van der Waals surface area (Å²) in [5, 5.41) is 0.311. The fourth-order valence-electron chi connectivity index (χ4n) is 3.15. The molecule has 1 amide bonds. The smallest absolute Gasteiger partial charge is 0.417 e. The number of aromatic nitrogens is 1. The van der Waals surface area contributed by atoms with Crippen molar-refractivity contribution in [1.82, 2.24) is 9.88 Å². The van der Waals surface area contributed by atoms with Crippen LogP contribution in [-0.2, 0) is 6.18 Å². The van der Waals surface area contributed by atoms with Crippen molar-refractivity contribution in [2.75, 3.05) is 37.9 Å². The average Bonchev–Trinajstić information content (AvgIpc) is 3.16. The molecule has 1 fully saturated rings. The van der Waals surface area contributed by atoms with Gasteiger partial charge in [-0.1, -0.05) is 11.6 Å². The lowest BCUT2D eigenvalue weighted by Crippen LogP contribution is -2.49. The van der Waals surface area contributed by atoms with Crippen molar-refractivity contribution in [2.45, 2.75) is 6.18 Å². The number of piperazine rings is 1. The standard InChI is InChI=1S/C18H15ClF3N3O3/c19-13-7-11(8-14-16(13)28-10-27-14)17(26)25-5-3-24(4-6-25)15-2-1-12(9-23-15)18(20,21)22/h1-2,7-9H,3-6,10H2. The molecule has 0 N–H and O–H groups in total. The third-order valence-electron chi connectivity index (χ3n) is 4.64. The minimum atomic E-state index is -4.41. The van der Waals surface area contributed by atoms with Crippen molar-refractivity contribution in [3.63, 3.8) is 0 Å². The molecule has 10 heteroatoms. The number of alkyl halides is 3. The van der Waals surface area contributed by atoms with Crippen molar-refractivity contribution in [2.24, 2.45) is 0 Å². The lowest BCUT2D eigenvalue weighted by Gasteiger charge is -2.35. The molecular formula is C18H15ClF3N3O3. The molecule has 1 aromatic carbocycles. The van der Waals surface area contributed by atoms with Crippen molar-refractivity contribution >= 4 is 23.3 Å². The number of hydrogen-bond donors (Lipinski definition) is 0. The summed E-state index contributed by atoms with van der Waals surface area (Å²) in [4.78, 5) is 20.2. The lowest BCUT2D eigenvalue weighted by molar-refractivity contribution is -0.137. The molecule has 0 aliphatic carbocycles. The SMILES string of the molecule is O=C(c1cc(Cl)c2c(c1)OCO2)N1CCN(c2ccc(C(F)(F)F)cn2)CC1. The first-order chi connectivity index (χ1) is 13.3. The van der Waals surface area contributed by atoms with Crippen LogP contribution in [0, 0.1) is 0 Å². The Labute approximate surface area is 163 Å². The summed E-state index contributed by atoms with van der Waals surface area (Å²) < 4.78 is 48.5. The van der Waals surface area contributed by atoms with Gasteiger partial charge in [0.1, 0.15) is 5.82 Å². The summed E-state index contributed by atoms with van der Waals surface area (Å²) >= 11 is 6.13. The number of fused-ring (bicyclic) bond motifs is 1. The highest BCUT2D eigenvalue weighted by atomic mass is 35.5. The van der Waals surface area contributed by atoms with Crippen molar-refractivity contribution in [3.05, 3.63) is 46.6 Å². The number of benzene rings is 1. The van der Waals surface area contributed by atoms with Gasteiger partial charge in [0, 0.05) is 37.9 Å². The molecule has 0 saturated carbocycles. The maximum Gasteiger partial charge on any atom is 0.417 e. The number of rotatable bonds is 2. The van der Waals surface area contributed by atoms with Gasteiger partial charge >= 0.3 is 6.18 Å². The van der Waals surface area contributed by atoms with E-state index in [-0.39, 0.29) is 12.7 Å². The zero-order chi connectivity index (χ0) is 19.9. The van der Waals surface area contributed by atoms with Crippen LogP contribution >= 0.6 is 11.6 Å². The first-order valence-corrected chi connectivity index (χ1v) is 8.87. The molecule has 6 nitrogen and oxygen atoms in total. The molecule has 0 unspecified atom stereocenters. The Morgan fingerprint density at radius 2 is 1.86 bits per heavy atom. The third kappa shape index (κ3) is 3.54. The third-order valence-corrected chi connectivity index (χ3v) is 4.92. The molecule has 148 valence electrons. The van der Waals surface area contributed by atoms with Gasteiger partial charge < -0.3 is 19.3 Å². The van der Waals surface area contributed by atoms with E-state index in [2.05, 4.69) is 4.98 Å². The number of anilines is 1. The number of carbonyl (C=O) groups is 1. The number of pyridine rings is 1. The first-order valence-electron chi connectivity index (χ1n) is 8.49. The van der Waals surface area contributed by atoms with Crippen LogP contribution in [0.25, 0.3) is 0 Å². The van der Waals surface area contributed by atoms with Crippen LogP contribution in [0.1, 0.15) is 15.9 Å². The van der Waals surface area contributed by atoms with E-state index in [0.717, 1.165) is 12.3 Å². The second-order valence-electron chi connectivity index (χ2n) is 6.37. The minimum absolute atomic E-state index is 0.0610. The Kier molecular flexibility index (Phi) is 4.70. The molecule has 1 aromatic heterocycles. The zero-order valence-electron chi connectivity index (χ0n) is 14.5. The summed E-state index contributed by atoms with van der Waals surface area (Å²) in [6.45, 7) is 1.80. The van der Waals surface area contributed by atoms with E-state index >= 15 is 0 Å². The monoisotopic (exact) mass is 413 g/mol. The second-order valence-corrected chi connectivity index (χ2v) is 6.78. The van der Waals surface area contributed by atoms with Gasteiger partial charge in [0.15, 0.2) is 11.5 Å². The van der Waals surface area contributed by atoms with Gasteiger partial charge in [0.2, 0.25) is 6.79 Å². The van der Waals surface area contributed by atoms with Gasteiger partial charge in [-0.2, -0.15) is 13.2 Å². The van der Waals surface area contributed by atoms with E-state index in [9.17, 15) is 18.0 Å². The number of halogens is 4. The summed E-state index contributed by atoms with van der Waals surface area (Å²) in [6, 6.07) is 5.49. The van der Waals surface area contributed by atoms with Crippen LogP contribution in [0.15, 0.2) is 30.5 Å². The number of carbonyl (C=O) groups excluding carboxylic acids is 1. The van der Waals surface area contributed by atoms with Crippen LogP contribution in [0.2, 0.25) is 5.02 Å². The van der Waals surface area contributed by atoms with Crippen molar-refractivity contribution in [1.29, 1.82) is 0 Å². The average molecular weight is 414 g/mol. The lowest BCUT2D eigenvalue weighted by atomic mass is 10.1. The molecule has 2 aliphatic heterocycles. The Balaban J connectivity index is 1.41. The Bertz CT molecular complexity index is 897. The Morgan fingerprint density at radius 3 is 2.50 bits per heavy atom. The maximum atomic E-state index is 12.8.